The van der Waals surface area contributed by atoms with Gasteiger partial charge in [-0.25, -0.2) is 0 Å². The van der Waals surface area contributed by atoms with Crippen molar-refractivity contribution >= 4 is 0 Å². The Balaban J connectivity index is 2.36. The smallest absolute Gasteiger partial charge is 0.378 e. The zero-order chi connectivity index (χ0) is 22.1. The molecular formula is C16H14F6N2O5. The van der Waals surface area contributed by atoms with Crippen LogP contribution in [0.3, 0.4) is 0 Å². The molecule has 0 radical (unpaired) electrons. The fourth-order valence-corrected chi connectivity index (χ4v) is 3.19. The molecule has 29 heavy (non-hydrogen) atoms. The molecular weight excluding hydrogens is 414 g/mol. The van der Waals surface area contributed by atoms with Crippen LogP contribution in [0, 0.1) is 31.1 Å². The average Bonchev–Trinajstić information content (AvgIpc) is 2.60. The van der Waals surface area contributed by atoms with Crippen LogP contribution in [0.15, 0.2) is 48.6 Å². The maximum atomic E-state index is 13.7. The Morgan fingerprint density at radius 1 is 0.759 bits per heavy atom. The number of alkyl halides is 6. The van der Waals surface area contributed by atoms with Crippen molar-refractivity contribution in [2.45, 2.75) is 24.4 Å². The van der Waals surface area contributed by atoms with Gasteiger partial charge in [0.15, 0.2) is 10.8 Å². The van der Waals surface area contributed by atoms with Crippen LogP contribution >= 0.6 is 0 Å². The number of nitrogens with zero attached hydrogens (tertiary/aromatic N) is 2. The van der Waals surface area contributed by atoms with Gasteiger partial charge in [-0.05, 0) is 12.2 Å². The van der Waals surface area contributed by atoms with E-state index < -0.39 is 58.3 Å². The van der Waals surface area contributed by atoms with Crippen LogP contribution in [0.2, 0.25) is 0 Å². The van der Waals surface area contributed by atoms with Gasteiger partial charge in [-0.1, -0.05) is 36.5 Å². The van der Waals surface area contributed by atoms with Crippen molar-refractivity contribution in [1.82, 2.24) is 0 Å². The van der Waals surface area contributed by atoms with Crippen LogP contribution < -0.4 is 0 Å². The van der Waals surface area contributed by atoms with Crippen molar-refractivity contribution in [3.63, 3.8) is 0 Å². The van der Waals surface area contributed by atoms with Gasteiger partial charge < -0.3 is 4.74 Å². The van der Waals surface area contributed by atoms with Crippen LogP contribution in [0.4, 0.5) is 26.3 Å². The van der Waals surface area contributed by atoms with Gasteiger partial charge in [0.1, 0.15) is 0 Å². The minimum Gasteiger partial charge on any atom is -0.378 e. The quantitative estimate of drug-likeness (QED) is 0.366. The first-order chi connectivity index (χ1) is 13.3. The predicted molar refractivity (Wildman–Crippen MR) is 85.9 cm³/mol. The lowest BCUT2D eigenvalue weighted by molar-refractivity contribution is -0.543. The van der Waals surface area contributed by atoms with E-state index in [9.17, 15) is 46.6 Å². The standard InChI is InChI=1S/C16H14F6N2O5/c17-15(18,19)13(7-3-1-5-11(13)23(25)26)9-29-10-14(16(20,21)22)8-4-2-6-12(14)24(27)28/h1-8,11-12H,9-10H2. The summed E-state index contributed by atoms with van der Waals surface area (Å²) in [5, 5.41) is 22.2. The molecule has 0 aromatic carbocycles. The maximum absolute atomic E-state index is 13.7. The van der Waals surface area contributed by atoms with Gasteiger partial charge >= 0.3 is 12.4 Å². The Hall–Kier alpha value is -2.70. The van der Waals surface area contributed by atoms with E-state index in [1.807, 2.05) is 0 Å². The zero-order valence-electron chi connectivity index (χ0n) is 14.4. The number of rotatable bonds is 6. The lowest BCUT2D eigenvalue weighted by Crippen LogP contribution is -2.55. The summed E-state index contributed by atoms with van der Waals surface area (Å²) in [4.78, 5) is 19.8. The fraction of sp³-hybridized carbons (Fsp3) is 0.500. The summed E-state index contributed by atoms with van der Waals surface area (Å²) in [6, 6.07) is -4.66. The van der Waals surface area contributed by atoms with Gasteiger partial charge in [-0.15, -0.1) is 0 Å². The summed E-state index contributed by atoms with van der Waals surface area (Å²) in [6.45, 7) is -3.05. The molecule has 0 bridgehead atoms. The molecule has 0 aromatic rings. The Morgan fingerprint density at radius 2 is 1.10 bits per heavy atom. The monoisotopic (exact) mass is 428 g/mol. The zero-order valence-corrected chi connectivity index (χ0v) is 14.4. The first-order valence-corrected chi connectivity index (χ1v) is 7.99. The Kier molecular flexibility index (Phi) is 5.93. The molecule has 13 heteroatoms. The first kappa shape index (κ1) is 22.6. The predicted octanol–water partition coefficient (Wildman–Crippen LogP) is 3.64. The molecule has 0 saturated carbocycles. The lowest BCUT2D eigenvalue weighted by atomic mass is 9.76. The average molecular weight is 428 g/mol. The highest BCUT2D eigenvalue weighted by molar-refractivity contribution is 5.25. The molecule has 0 saturated heterocycles. The van der Waals surface area contributed by atoms with Crippen molar-refractivity contribution in [2.75, 3.05) is 13.2 Å². The van der Waals surface area contributed by atoms with E-state index in [0.717, 1.165) is 24.3 Å². The Bertz CT molecular complexity index is 724. The van der Waals surface area contributed by atoms with Gasteiger partial charge in [0.05, 0.1) is 13.2 Å². The van der Waals surface area contributed by atoms with Gasteiger partial charge in [0.25, 0.3) is 12.1 Å². The number of nitro groups is 2. The minimum atomic E-state index is -5.23. The second kappa shape index (κ2) is 7.61. The normalized spacial score (nSPS) is 31.8. The fourth-order valence-electron chi connectivity index (χ4n) is 3.19. The topological polar surface area (TPSA) is 95.5 Å². The van der Waals surface area contributed by atoms with Crippen LogP contribution in [0.25, 0.3) is 0 Å². The Labute approximate surface area is 159 Å². The summed E-state index contributed by atoms with van der Waals surface area (Å²) in [7, 11) is 0. The first-order valence-electron chi connectivity index (χ1n) is 7.99. The number of halogens is 6. The molecule has 0 aromatic heterocycles. The van der Waals surface area contributed by atoms with E-state index in [0.29, 0.717) is 24.3 Å². The second-order valence-corrected chi connectivity index (χ2v) is 6.52. The highest BCUT2D eigenvalue weighted by Crippen LogP contribution is 2.48. The van der Waals surface area contributed by atoms with E-state index in [-0.39, 0.29) is 0 Å². The van der Waals surface area contributed by atoms with Gasteiger partial charge in [-0.2, -0.15) is 26.3 Å². The third-order valence-corrected chi connectivity index (χ3v) is 4.84. The molecule has 4 unspecified atom stereocenters. The number of ether oxygens (including phenoxy) is 1. The summed E-state index contributed by atoms with van der Waals surface area (Å²) in [5.41, 5.74) is -6.45. The van der Waals surface area contributed by atoms with Crippen LogP contribution in [-0.2, 0) is 4.74 Å². The summed E-state index contributed by atoms with van der Waals surface area (Å²) in [6.07, 6.45) is -4.51. The molecule has 0 N–H and O–H groups in total. The number of hydrogen-bond acceptors (Lipinski definition) is 5. The Morgan fingerprint density at radius 3 is 1.38 bits per heavy atom. The van der Waals surface area contributed by atoms with Crippen LogP contribution in [-0.4, -0.2) is 47.5 Å². The molecule has 0 fully saturated rings. The molecule has 0 aliphatic heterocycles. The van der Waals surface area contributed by atoms with E-state index in [4.69, 9.17) is 4.74 Å². The van der Waals surface area contributed by atoms with E-state index >= 15 is 0 Å². The molecule has 7 nitrogen and oxygen atoms in total. The van der Waals surface area contributed by atoms with Crippen LogP contribution in [0.1, 0.15) is 0 Å². The number of allylic oxidation sites excluding steroid dienone is 4. The van der Waals surface area contributed by atoms with Crippen molar-refractivity contribution in [1.29, 1.82) is 0 Å². The van der Waals surface area contributed by atoms with Crippen molar-refractivity contribution < 1.29 is 40.9 Å². The largest absolute Gasteiger partial charge is 0.407 e. The molecule has 0 heterocycles. The van der Waals surface area contributed by atoms with E-state index in [1.165, 1.54) is 0 Å². The van der Waals surface area contributed by atoms with Gasteiger partial charge in [0, 0.05) is 9.85 Å². The molecule has 2 rings (SSSR count). The molecule has 160 valence electrons. The van der Waals surface area contributed by atoms with Gasteiger partial charge in [-0.3, -0.25) is 20.2 Å². The SMILES string of the molecule is O=[N+]([O-])C1C=CC=CC1(COCC1(C(F)(F)F)C=CC=CC1[N+](=O)[O-])C(F)(F)F. The third kappa shape index (κ3) is 3.91. The van der Waals surface area contributed by atoms with Gasteiger partial charge in [0.2, 0.25) is 0 Å². The summed E-state index contributed by atoms with van der Waals surface area (Å²) in [5.74, 6) is 0. The maximum Gasteiger partial charge on any atom is 0.407 e. The van der Waals surface area contributed by atoms with E-state index in [2.05, 4.69) is 0 Å². The summed E-state index contributed by atoms with van der Waals surface area (Å²) < 4.78 is 86.8. The van der Waals surface area contributed by atoms with Crippen LogP contribution in [0.5, 0.6) is 0 Å². The third-order valence-electron chi connectivity index (χ3n) is 4.84. The highest BCUT2D eigenvalue weighted by atomic mass is 19.4. The molecule has 0 spiro atoms. The highest BCUT2D eigenvalue weighted by Gasteiger charge is 2.66. The molecule has 4 atom stereocenters. The van der Waals surface area contributed by atoms with Crippen molar-refractivity contribution in [3.05, 3.63) is 68.8 Å². The number of hydrogen-bond donors (Lipinski definition) is 0. The molecule has 2 aliphatic rings. The molecule has 0 amide bonds. The van der Waals surface area contributed by atoms with E-state index in [1.54, 1.807) is 0 Å². The van der Waals surface area contributed by atoms with Crippen molar-refractivity contribution in [3.8, 4) is 0 Å². The second-order valence-electron chi connectivity index (χ2n) is 6.52. The molecule has 2 aliphatic carbocycles. The summed E-state index contributed by atoms with van der Waals surface area (Å²) >= 11 is 0. The minimum absolute atomic E-state index is 0.447. The van der Waals surface area contributed by atoms with Crippen molar-refractivity contribution in [2.24, 2.45) is 10.8 Å². The lowest BCUT2D eigenvalue weighted by Gasteiger charge is -2.38.